The molecule has 2 nitrogen and oxygen atoms in total. The Kier molecular flexibility index (Phi) is 6.79. The van der Waals surface area contributed by atoms with Crippen LogP contribution in [0.25, 0.3) is 0 Å². The summed E-state index contributed by atoms with van der Waals surface area (Å²) in [6.07, 6.45) is 3.32. The molecule has 0 bridgehead atoms. The van der Waals surface area contributed by atoms with Gasteiger partial charge >= 0.3 is 0 Å². The van der Waals surface area contributed by atoms with Gasteiger partial charge in [0.1, 0.15) is 6.61 Å². The number of Topliss-reactive ketones (excluding diaryl/α,β-unsaturated/α-hetero) is 1. The Morgan fingerprint density at radius 1 is 1.16 bits per heavy atom. The molecule has 0 saturated carbocycles. The summed E-state index contributed by atoms with van der Waals surface area (Å²) >= 11 is 0. The molecule has 0 aliphatic rings. The third-order valence-corrected chi connectivity index (χ3v) is 3.12. The van der Waals surface area contributed by atoms with Gasteiger partial charge in [-0.2, -0.15) is 0 Å². The van der Waals surface area contributed by atoms with Gasteiger partial charge in [0.2, 0.25) is 0 Å². The lowest BCUT2D eigenvalue weighted by molar-refractivity contribution is 0.0445. The van der Waals surface area contributed by atoms with Crippen LogP contribution in [0.5, 0.6) is 0 Å². The van der Waals surface area contributed by atoms with Crippen molar-refractivity contribution in [3.8, 4) is 0 Å². The zero-order chi connectivity index (χ0) is 14.3. The number of carbonyl (C=O) groups is 1. The first-order valence-corrected chi connectivity index (χ1v) is 7.26. The second-order valence-electron chi connectivity index (χ2n) is 5.62. The van der Waals surface area contributed by atoms with E-state index in [-0.39, 0.29) is 18.5 Å². The van der Waals surface area contributed by atoms with E-state index in [9.17, 15) is 4.79 Å². The number of aryl methyl sites for hydroxylation is 1. The third-order valence-electron chi connectivity index (χ3n) is 3.12. The average molecular weight is 262 g/mol. The highest BCUT2D eigenvalue weighted by Gasteiger charge is 2.10. The summed E-state index contributed by atoms with van der Waals surface area (Å²) < 4.78 is 5.60. The summed E-state index contributed by atoms with van der Waals surface area (Å²) in [5, 5.41) is 0. The number of hydrogen-bond acceptors (Lipinski definition) is 2. The molecule has 0 fully saturated rings. The molecule has 0 spiro atoms. The Balaban J connectivity index is 2.44. The van der Waals surface area contributed by atoms with Crippen LogP contribution in [0.3, 0.4) is 0 Å². The molecule has 0 aliphatic carbocycles. The van der Waals surface area contributed by atoms with Crippen LogP contribution in [0.15, 0.2) is 24.3 Å². The van der Waals surface area contributed by atoms with Crippen molar-refractivity contribution in [1.82, 2.24) is 0 Å². The van der Waals surface area contributed by atoms with Crippen molar-refractivity contribution < 1.29 is 9.53 Å². The van der Waals surface area contributed by atoms with E-state index in [1.54, 1.807) is 0 Å². The minimum absolute atomic E-state index is 0.0682. The van der Waals surface area contributed by atoms with Gasteiger partial charge in [-0.1, -0.05) is 51.5 Å². The van der Waals surface area contributed by atoms with E-state index >= 15 is 0 Å². The SMILES string of the molecule is CCCc1ccc(C(=O)COC(C)CC(C)C)cc1. The highest BCUT2D eigenvalue weighted by atomic mass is 16.5. The van der Waals surface area contributed by atoms with Crippen molar-refractivity contribution in [2.45, 2.75) is 53.1 Å². The van der Waals surface area contributed by atoms with Crippen LogP contribution in [0.2, 0.25) is 0 Å². The monoisotopic (exact) mass is 262 g/mol. The molecular weight excluding hydrogens is 236 g/mol. The van der Waals surface area contributed by atoms with Crippen LogP contribution in [0.1, 0.15) is 56.5 Å². The zero-order valence-corrected chi connectivity index (χ0v) is 12.6. The summed E-state index contributed by atoms with van der Waals surface area (Å²) in [6.45, 7) is 8.68. The first-order chi connectivity index (χ1) is 9.02. The Labute approximate surface area is 117 Å². The maximum atomic E-state index is 12.0. The molecule has 1 atom stereocenters. The summed E-state index contributed by atoms with van der Waals surface area (Å²) in [7, 11) is 0. The molecule has 0 aliphatic heterocycles. The van der Waals surface area contributed by atoms with E-state index in [1.807, 2.05) is 31.2 Å². The van der Waals surface area contributed by atoms with Crippen LogP contribution < -0.4 is 0 Å². The van der Waals surface area contributed by atoms with Gasteiger partial charge in [-0.05, 0) is 31.2 Å². The second-order valence-corrected chi connectivity index (χ2v) is 5.62. The number of hydrogen-bond donors (Lipinski definition) is 0. The standard InChI is InChI=1S/C17H26O2/c1-5-6-15-7-9-16(10-8-15)17(18)12-19-14(4)11-13(2)3/h7-10,13-14H,5-6,11-12H2,1-4H3. The molecule has 1 rings (SSSR count). The Morgan fingerprint density at radius 2 is 1.79 bits per heavy atom. The van der Waals surface area contributed by atoms with Crippen LogP contribution in [0, 0.1) is 5.92 Å². The maximum absolute atomic E-state index is 12.0. The molecule has 0 heterocycles. The van der Waals surface area contributed by atoms with Crippen LogP contribution >= 0.6 is 0 Å². The molecule has 1 unspecified atom stereocenters. The Morgan fingerprint density at radius 3 is 2.32 bits per heavy atom. The molecule has 0 N–H and O–H groups in total. The Hall–Kier alpha value is -1.15. The fourth-order valence-corrected chi connectivity index (χ4v) is 2.18. The van der Waals surface area contributed by atoms with E-state index in [4.69, 9.17) is 4.74 Å². The molecular formula is C17H26O2. The minimum atomic E-state index is 0.0682. The highest BCUT2D eigenvalue weighted by Crippen LogP contribution is 2.10. The summed E-state index contributed by atoms with van der Waals surface area (Å²) in [4.78, 5) is 12.0. The lowest BCUT2D eigenvalue weighted by Crippen LogP contribution is -2.17. The largest absolute Gasteiger partial charge is 0.370 e. The smallest absolute Gasteiger partial charge is 0.188 e. The van der Waals surface area contributed by atoms with Gasteiger partial charge in [-0.15, -0.1) is 0 Å². The number of rotatable bonds is 8. The lowest BCUT2D eigenvalue weighted by atomic mass is 10.1. The molecule has 0 amide bonds. The predicted molar refractivity (Wildman–Crippen MR) is 79.6 cm³/mol. The van der Waals surface area contributed by atoms with E-state index in [0.29, 0.717) is 5.92 Å². The van der Waals surface area contributed by atoms with Gasteiger partial charge in [0, 0.05) is 5.56 Å². The van der Waals surface area contributed by atoms with Crippen molar-refractivity contribution in [2.24, 2.45) is 5.92 Å². The van der Waals surface area contributed by atoms with Crippen LogP contribution in [0.4, 0.5) is 0 Å². The van der Waals surface area contributed by atoms with Crippen LogP contribution in [-0.2, 0) is 11.2 Å². The lowest BCUT2D eigenvalue weighted by Gasteiger charge is -2.14. The first-order valence-electron chi connectivity index (χ1n) is 7.26. The summed E-state index contributed by atoms with van der Waals surface area (Å²) in [5.74, 6) is 0.664. The van der Waals surface area contributed by atoms with Crippen molar-refractivity contribution in [2.75, 3.05) is 6.61 Å². The normalized spacial score (nSPS) is 12.7. The molecule has 1 aromatic carbocycles. The number of ether oxygens (including phenoxy) is 1. The maximum Gasteiger partial charge on any atom is 0.188 e. The van der Waals surface area contributed by atoms with Crippen LogP contribution in [-0.4, -0.2) is 18.5 Å². The van der Waals surface area contributed by atoms with Gasteiger partial charge in [-0.3, -0.25) is 4.79 Å². The van der Waals surface area contributed by atoms with Crippen molar-refractivity contribution >= 4 is 5.78 Å². The minimum Gasteiger partial charge on any atom is -0.370 e. The summed E-state index contributed by atoms with van der Waals surface area (Å²) in [6, 6.07) is 7.89. The van der Waals surface area contributed by atoms with Gasteiger partial charge < -0.3 is 4.74 Å². The summed E-state index contributed by atoms with van der Waals surface area (Å²) in [5.41, 5.74) is 2.03. The average Bonchev–Trinajstić information content (AvgIpc) is 2.36. The molecule has 19 heavy (non-hydrogen) atoms. The second kappa shape index (κ2) is 8.11. The first kappa shape index (κ1) is 15.9. The quantitative estimate of drug-likeness (QED) is 0.654. The third kappa shape index (κ3) is 6.02. The topological polar surface area (TPSA) is 26.3 Å². The van der Waals surface area contributed by atoms with Crippen molar-refractivity contribution in [1.29, 1.82) is 0 Å². The molecule has 0 aromatic heterocycles. The van der Waals surface area contributed by atoms with Gasteiger partial charge in [-0.25, -0.2) is 0 Å². The van der Waals surface area contributed by atoms with Crippen molar-refractivity contribution in [3.63, 3.8) is 0 Å². The number of ketones is 1. The van der Waals surface area contributed by atoms with Gasteiger partial charge in [0.15, 0.2) is 5.78 Å². The highest BCUT2D eigenvalue weighted by molar-refractivity contribution is 5.97. The number of carbonyl (C=O) groups excluding carboxylic acids is 1. The fourth-order valence-electron chi connectivity index (χ4n) is 2.18. The Bertz CT molecular complexity index is 379. The molecule has 0 radical (unpaired) electrons. The van der Waals surface area contributed by atoms with E-state index in [2.05, 4.69) is 20.8 Å². The zero-order valence-electron chi connectivity index (χ0n) is 12.6. The molecule has 0 saturated heterocycles. The predicted octanol–water partition coefficient (Wildman–Crippen LogP) is 4.27. The molecule has 1 aromatic rings. The van der Waals surface area contributed by atoms with E-state index in [0.717, 1.165) is 24.8 Å². The van der Waals surface area contributed by atoms with Gasteiger partial charge in [0.25, 0.3) is 0 Å². The van der Waals surface area contributed by atoms with E-state index in [1.165, 1.54) is 5.56 Å². The molecule has 106 valence electrons. The van der Waals surface area contributed by atoms with Crippen molar-refractivity contribution in [3.05, 3.63) is 35.4 Å². The van der Waals surface area contributed by atoms with E-state index < -0.39 is 0 Å². The van der Waals surface area contributed by atoms with Gasteiger partial charge in [0.05, 0.1) is 6.10 Å². The number of benzene rings is 1. The molecule has 2 heteroatoms. The fraction of sp³-hybridized carbons (Fsp3) is 0.588.